The number of para-hydroxylation sites is 1. The average Bonchev–Trinajstić information content (AvgIpc) is 2.31. The fourth-order valence-electron chi connectivity index (χ4n) is 1.64. The minimum Gasteiger partial charge on any atom is -0.489 e. The van der Waals surface area contributed by atoms with E-state index >= 15 is 0 Å². The zero-order valence-corrected chi connectivity index (χ0v) is 9.30. The summed E-state index contributed by atoms with van der Waals surface area (Å²) < 4.78 is 5.84. The van der Waals surface area contributed by atoms with E-state index in [2.05, 4.69) is 6.07 Å². The van der Waals surface area contributed by atoms with Crippen LogP contribution in [0.5, 0.6) is 5.75 Å². The zero-order chi connectivity index (χ0) is 10.5. The van der Waals surface area contributed by atoms with E-state index in [0.29, 0.717) is 11.7 Å². The first-order chi connectivity index (χ1) is 7.40. The van der Waals surface area contributed by atoms with Crippen LogP contribution in [0.25, 0.3) is 0 Å². The fraction of sp³-hybridized carbons (Fsp3) is 0.417. The second-order valence-corrected chi connectivity index (χ2v) is 4.76. The number of benzene rings is 1. The maximum Gasteiger partial charge on any atom is 0.137 e. The Labute approximate surface area is 94.2 Å². The minimum atomic E-state index is 0.292. The third-order valence-electron chi connectivity index (χ3n) is 2.47. The van der Waals surface area contributed by atoms with Crippen LogP contribution in [0.2, 0.25) is 0 Å². The molecule has 78 valence electrons. The Kier molecular flexibility index (Phi) is 3.52. The molecule has 1 saturated heterocycles. The molecule has 1 aliphatic rings. The number of ether oxygens (including phenoxy) is 1. The Morgan fingerprint density at radius 1 is 1.27 bits per heavy atom. The largest absolute Gasteiger partial charge is 0.489 e. The molecule has 15 heavy (non-hydrogen) atoms. The van der Waals surface area contributed by atoms with E-state index in [9.17, 15) is 0 Å². The van der Waals surface area contributed by atoms with Gasteiger partial charge >= 0.3 is 0 Å². The smallest absolute Gasteiger partial charge is 0.137 e. The summed E-state index contributed by atoms with van der Waals surface area (Å²) in [6, 6.07) is 9.60. The van der Waals surface area contributed by atoms with Crippen molar-refractivity contribution in [1.29, 1.82) is 5.26 Å². The Morgan fingerprint density at radius 2 is 2.00 bits per heavy atom. The monoisotopic (exact) mass is 219 g/mol. The first-order valence-corrected chi connectivity index (χ1v) is 6.29. The number of rotatable bonds is 2. The summed E-state index contributed by atoms with van der Waals surface area (Å²) in [5.74, 6) is 3.07. The second-order valence-electron chi connectivity index (χ2n) is 3.54. The van der Waals surface area contributed by atoms with Gasteiger partial charge in [-0.2, -0.15) is 17.0 Å². The summed E-state index contributed by atoms with van der Waals surface area (Å²) >= 11 is 1.97. The summed E-state index contributed by atoms with van der Waals surface area (Å²) in [5, 5.41) is 8.91. The van der Waals surface area contributed by atoms with Crippen molar-refractivity contribution in [3.63, 3.8) is 0 Å². The van der Waals surface area contributed by atoms with Crippen molar-refractivity contribution >= 4 is 11.8 Å². The van der Waals surface area contributed by atoms with Crippen LogP contribution >= 0.6 is 11.8 Å². The number of hydrogen-bond acceptors (Lipinski definition) is 3. The summed E-state index contributed by atoms with van der Waals surface area (Å²) in [5.41, 5.74) is 0.635. The molecule has 0 atom stereocenters. The molecule has 0 bridgehead atoms. The zero-order valence-electron chi connectivity index (χ0n) is 8.48. The van der Waals surface area contributed by atoms with Crippen LogP contribution in [-0.4, -0.2) is 17.6 Å². The molecule has 0 aromatic heterocycles. The van der Waals surface area contributed by atoms with Crippen molar-refractivity contribution in [1.82, 2.24) is 0 Å². The van der Waals surface area contributed by atoms with E-state index in [1.807, 2.05) is 30.0 Å². The van der Waals surface area contributed by atoms with Gasteiger partial charge in [0, 0.05) is 0 Å². The Balaban J connectivity index is 2.06. The van der Waals surface area contributed by atoms with Gasteiger partial charge in [-0.1, -0.05) is 12.1 Å². The normalized spacial score (nSPS) is 17.0. The van der Waals surface area contributed by atoms with Gasteiger partial charge in [-0.3, -0.25) is 0 Å². The summed E-state index contributed by atoms with van der Waals surface area (Å²) in [4.78, 5) is 0. The fourth-order valence-corrected chi connectivity index (χ4v) is 2.70. The van der Waals surface area contributed by atoms with E-state index in [-0.39, 0.29) is 0 Å². The molecule has 1 heterocycles. The topological polar surface area (TPSA) is 33.0 Å². The van der Waals surface area contributed by atoms with Crippen molar-refractivity contribution < 1.29 is 4.74 Å². The molecule has 0 radical (unpaired) electrons. The third-order valence-corrected chi connectivity index (χ3v) is 3.52. The molecular formula is C12H13NOS. The van der Waals surface area contributed by atoms with Gasteiger partial charge in [0.05, 0.1) is 5.56 Å². The Morgan fingerprint density at radius 3 is 2.73 bits per heavy atom. The predicted octanol–water partition coefficient (Wildman–Crippen LogP) is 2.83. The van der Waals surface area contributed by atoms with Gasteiger partial charge in [0.25, 0.3) is 0 Å². The van der Waals surface area contributed by atoms with Gasteiger partial charge in [0.15, 0.2) is 0 Å². The summed E-state index contributed by atoms with van der Waals surface area (Å²) in [6.45, 7) is 0. The van der Waals surface area contributed by atoms with Crippen molar-refractivity contribution in [2.45, 2.75) is 18.9 Å². The highest BCUT2D eigenvalue weighted by Crippen LogP contribution is 2.24. The number of thioether (sulfide) groups is 1. The quantitative estimate of drug-likeness (QED) is 0.766. The van der Waals surface area contributed by atoms with Gasteiger partial charge in [-0.15, -0.1) is 0 Å². The van der Waals surface area contributed by atoms with Crippen LogP contribution in [0, 0.1) is 11.3 Å². The summed E-state index contributed by atoms with van der Waals surface area (Å²) in [6.07, 6.45) is 2.47. The Bertz CT molecular complexity index is 366. The molecule has 1 aromatic rings. The highest BCUT2D eigenvalue weighted by atomic mass is 32.2. The lowest BCUT2D eigenvalue weighted by atomic mass is 10.2. The van der Waals surface area contributed by atoms with Crippen LogP contribution in [0.3, 0.4) is 0 Å². The van der Waals surface area contributed by atoms with Crippen LogP contribution in [0.15, 0.2) is 24.3 Å². The number of nitriles is 1. The average molecular weight is 219 g/mol. The predicted molar refractivity (Wildman–Crippen MR) is 62.1 cm³/mol. The molecule has 0 amide bonds. The van der Waals surface area contributed by atoms with Crippen LogP contribution < -0.4 is 4.74 Å². The molecular weight excluding hydrogens is 206 g/mol. The van der Waals surface area contributed by atoms with Crippen molar-refractivity contribution in [3.8, 4) is 11.8 Å². The molecule has 0 unspecified atom stereocenters. The molecule has 0 N–H and O–H groups in total. The van der Waals surface area contributed by atoms with Gasteiger partial charge in [-0.25, -0.2) is 0 Å². The van der Waals surface area contributed by atoms with Gasteiger partial charge in [0.2, 0.25) is 0 Å². The van der Waals surface area contributed by atoms with Gasteiger partial charge in [0.1, 0.15) is 17.9 Å². The van der Waals surface area contributed by atoms with E-state index < -0.39 is 0 Å². The van der Waals surface area contributed by atoms with E-state index in [0.717, 1.165) is 18.6 Å². The highest BCUT2D eigenvalue weighted by Gasteiger charge is 2.16. The van der Waals surface area contributed by atoms with E-state index in [1.54, 1.807) is 6.07 Å². The van der Waals surface area contributed by atoms with Crippen LogP contribution in [0.1, 0.15) is 18.4 Å². The first kappa shape index (κ1) is 10.4. The summed E-state index contributed by atoms with van der Waals surface area (Å²) in [7, 11) is 0. The van der Waals surface area contributed by atoms with Gasteiger partial charge < -0.3 is 4.74 Å². The van der Waals surface area contributed by atoms with Crippen LogP contribution in [-0.2, 0) is 0 Å². The Hall–Kier alpha value is -1.14. The lowest BCUT2D eigenvalue weighted by Gasteiger charge is -2.23. The van der Waals surface area contributed by atoms with Crippen molar-refractivity contribution in [2.75, 3.05) is 11.5 Å². The first-order valence-electron chi connectivity index (χ1n) is 5.13. The van der Waals surface area contributed by atoms with E-state index in [4.69, 9.17) is 10.00 Å². The second kappa shape index (κ2) is 5.09. The molecule has 2 nitrogen and oxygen atoms in total. The lowest BCUT2D eigenvalue weighted by molar-refractivity contribution is 0.192. The minimum absolute atomic E-state index is 0.292. The molecule has 2 rings (SSSR count). The van der Waals surface area contributed by atoms with E-state index in [1.165, 1.54) is 11.5 Å². The molecule has 1 aliphatic heterocycles. The molecule has 0 spiro atoms. The third kappa shape index (κ3) is 2.66. The van der Waals surface area contributed by atoms with Crippen molar-refractivity contribution in [3.05, 3.63) is 29.8 Å². The SMILES string of the molecule is N#Cc1ccccc1OC1CCSCC1. The standard InChI is InChI=1S/C12H13NOS/c13-9-10-3-1-2-4-12(10)14-11-5-7-15-8-6-11/h1-4,11H,5-8H2. The molecule has 1 aromatic carbocycles. The molecule has 0 saturated carbocycles. The van der Waals surface area contributed by atoms with Crippen molar-refractivity contribution in [2.24, 2.45) is 0 Å². The van der Waals surface area contributed by atoms with Crippen LogP contribution in [0.4, 0.5) is 0 Å². The maximum atomic E-state index is 8.91. The number of hydrogen-bond donors (Lipinski definition) is 0. The molecule has 0 aliphatic carbocycles. The highest BCUT2D eigenvalue weighted by molar-refractivity contribution is 7.99. The van der Waals surface area contributed by atoms with Gasteiger partial charge in [-0.05, 0) is 36.5 Å². The molecule has 1 fully saturated rings. The number of nitrogens with zero attached hydrogens (tertiary/aromatic N) is 1. The maximum absolute atomic E-state index is 8.91. The lowest BCUT2D eigenvalue weighted by Crippen LogP contribution is -2.22. The molecule has 3 heteroatoms.